The average molecular weight is 296 g/mol. The van der Waals surface area contributed by atoms with Crippen molar-refractivity contribution >= 4 is 38.3 Å². The quantitative estimate of drug-likeness (QED) is 0.840. The Kier molecular flexibility index (Phi) is 2.94. The van der Waals surface area contributed by atoms with Gasteiger partial charge >= 0.3 is 0 Å². The molecular weight excluding hydrogens is 289 g/mol. The highest BCUT2D eigenvalue weighted by atomic mass is 127. The Morgan fingerprint density at radius 2 is 2.25 bits per heavy atom. The van der Waals surface area contributed by atoms with E-state index in [1.807, 2.05) is 0 Å². The number of rotatable bonds is 2. The van der Waals surface area contributed by atoms with Crippen molar-refractivity contribution in [1.29, 1.82) is 0 Å². The van der Waals surface area contributed by atoms with Crippen LogP contribution in [-0.4, -0.2) is 14.7 Å². The van der Waals surface area contributed by atoms with Crippen LogP contribution >= 0.6 is 22.6 Å². The Morgan fingerprint density at radius 1 is 1.58 bits per heavy atom. The lowest BCUT2D eigenvalue weighted by atomic mass is 10.3. The smallest absolute Gasteiger partial charge is 0.229 e. The van der Waals surface area contributed by atoms with Crippen LogP contribution in [0.1, 0.15) is 0 Å². The topological polar surface area (TPSA) is 46.2 Å². The first-order valence-electron chi connectivity index (χ1n) is 3.12. The summed E-state index contributed by atoms with van der Waals surface area (Å²) in [4.78, 5) is 0. The molecule has 0 aromatic heterocycles. The summed E-state index contributed by atoms with van der Waals surface area (Å²) in [5, 5.41) is 0. The largest absolute Gasteiger partial charge is 0.283 e. The lowest BCUT2D eigenvalue weighted by Crippen LogP contribution is -2.10. The molecule has 1 aromatic rings. The molecule has 0 spiro atoms. The number of hydrogen-bond donors (Lipinski definition) is 1. The first-order valence-corrected chi connectivity index (χ1v) is 6.09. The molecule has 1 aromatic carbocycles. The van der Waals surface area contributed by atoms with Crippen LogP contribution in [0.25, 0.3) is 0 Å². The number of benzene rings is 1. The van der Waals surface area contributed by atoms with Crippen molar-refractivity contribution in [2.45, 2.75) is 0 Å². The van der Waals surface area contributed by atoms with Crippen LogP contribution in [0.15, 0.2) is 18.2 Å². The van der Waals surface area contributed by atoms with Gasteiger partial charge < -0.3 is 0 Å². The maximum Gasteiger partial charge on any atom is 0.229 e. The molecule has 0 unspecified atom stereocenters. The summed E-state index contributed by atoms with van der Waals surface area (Å²) in [6, 6.07) is 7.91. The molecule has 0 amide bonds. The highest BCUT2D eigenvalue weighted by molar-refractivity contribution is 14.1. The molecule has 1 radical (unpaired) electrons. The second-order valence-corrected chi connectivity index (χ2v) is 5.19. The fraction of sp³-hybridized carbons (Fsp3) is 0.143. The summed E-state index contributed by atoms with van der Waals surface area (Å²) in [6.07, 6.45) is 1.12. The maximum atomic E-state index is 10.8. The predicted octanol–water partition coefficient (Wildman–Crippen LogP) is 1.46. The van der Waals surface area contributed by atoms with E-state index >= 15 is 0 Å². The van der Waals surface area contributed by atoms with Gasteiger partial charge in [-0.15, -0.1) is 0 Å². The zero-order valence-corrected chi connectivity index (χ0v) is 9.31. The Bertz CT molecular complexity index is 375. The molecule has 0 saturated carbocycles. The van der Waals surface area contributed by atoms with E-state index in [9.17, 15) is 8.42 Å². The van der Waals surface area contributed by atoms with E-state index in [2.05, 4.69) is 33.4 Å². The standard InChI is InChI=1S/C7H7INO2S/c1-12(10,11)9-7-5-3-2-4-6(7)8/h2,4-5,9H,1H3. The van der Waals surface area contributed by atoms with Gasteiger partial charge in [-0.25, -0.2) is 8.42 Å². The van der Waals surface area contributed by atoms with Gasteiger partial charge in [-0.05, 0) is 40.8 Å². The third-order valence-electron chi connectivity index (χ3n) is 1.11. The number of nitrogens with one attached hydrogen (secondary N) is 1. The minimum absolute atomic E-state index is 0.570. The predicted molar refractivity (Wildman–Crippen MR) is 56.5 cm³/mol. The third-order valence-corrected chi connectivity index (χ3v) is 2.64. The van der Waals surface area contributed by atoms with E-state index in [1.165, 1.54) is 0 Å². The van der Waals surface area contributed by atoms with Crippen molar-refractivity contribution in [3.05, 3.63) is 27.8 Å². The van der Waals surface area contributed by atoms with Gasteiger partial charge in [0.05, 0.1) is 11.9 Å². The highest BCUT2D eigenvalue weighted by Crippen LogP contribution is 2.17. The van der Waals surface area contributed by atoms with Crippen LogP contribution < -0.4 is 4.72 Å². The number of halogens is 1. The summed E-state index contributed by atoms with van der Waals surface area (Å²) in [5.41, 5.74) is 0.570. The van der Waals surface area contributed by atoms with Gasteiger partial charge in [0.1, 0.15) is 0 Å². The fourth-order valence-electron chi connectivity index (χ4n) is 0.689. The Balaban J connectivity index is 2.98. The molecule has 0 atom stereocenters. The van der Waals surface area contributed by atoms with Crippen molar-refractivity contribution in [1.82, 2.24) is 0 Å². The van der Waals surface area contributed by atoms with Crippen LogP contribution in [0.5, 0.6) is 0 Å². The average Bonchev–Trinajstić information content (AvgIpc) is 1.91. The van der Waals surface area contributed by atoms with Crippen molar-refractivity contribution in [2.75, 3.05) is 11.0 Å². The number of hydrogen-bond acceptors (Lipinski definition) is 2. The van der Waals surface area contributed by atoms with E-state index in [0.717, 1.165) is 9.83 Å². The van der Waals surface area contributed by atoms with Crippen LogP contribution in [-0.2, 0) is 10.0 Å². The molecule has 0 bridgehead atoms. The first kappa shape index (κ1) is 9.79. The molecule has 12 heavy (non-hydrogen) atoms. The second kappa shape index (κ2) is 3.61. The molecule has 5 heteroatoms. The van der Waals surface area contributed by atoms with E-state index in [0.29, 0.717) is 5.69 Å². The third kappa shape index (κ3) is 2.98. The van der Waals surface area contributed by atoms with Gasteiger partial charge in [0, 0.05) is 3.57 Å². The van der Waals surface area contributed by atoms with E-state index < -0.39 is 10.0 Å². The Morgan fingerprint density at radius 3 is 2.75 bits per heavy atom. The number of sulfonamides is 1. The zero-order valence-electron chi connectivity index (χ0n) is 6.33. The monoisotopic (exact) mass is 296 g/mol. The summed E-state index contributed by atoms with van der Waals surface area (Å²) in [6.45, 7) is 0. The fourth-order valence-corrected chi connectivity index (χ4v) is 1.91. The van der Waals surface area contributed by atoms with E-state index in [1.54, 1.807) is 18.2 Å². The minimum atomic E-state index is -3.17. The molecule has 0 saturated heterocycles. The second-order valence-electron chi connectivity index (χ2n) is 2.28. The molecule has 3 nitrogen and oxygen atoms in total. The summed E-state index contributed by atoms with van der Waals surface area (Å²) >= 11 is 2.05. The van der Waals surface area contributed by atoms with Gasteiger partial charge in [-0.3, -0.25) is 4.72 Å². The van der Waals surface area contributed by atoms with Gasteiger partial charge in [0.15, 0.2) is 0 Å². The lowest BCUT2D eigenvalue weighted by molar-refractivity contribution is 0.607. The van der Waals surface area contributed by atoms with Crippen molar-refractivity contribution in [2.24, 2.45) is 0 Å². The SMILES string of the molecule is CS(=O)(=O)Nc1c[c]ccc1I. The normalized spacial score (nSPS) is 11.2. The van der Waals surface area contributed by atoms with Gasteiger partial charge in [0.25, 0.3) is 0 Å². The highest BCUT2D eigenvalue weighted by Gasteiger charge is 2.03. The molecule has 65 valence electrons. The molecule has 1 N–H and O–H groups in total. The summed E-state index contributed by atoms with van der Waals surface area (Å²) < 4.78 is 24.9. The van der Waals surface area contributed by atoms with Crippen molar-refractivity contribution in [3.63, 3.8) is 0 Å². The molecule has 0 fully saturated rings. The lowest BCUT2D eigenvalue weighted by Gasteiger charge is -2.04. The minimum Gasteiger partial charge on any atom is -0.283 e. The first-order chi connectivity index (χ1) is 5.49. The van der Waals surface area contributed by atoms with Gasteiger partial charge in [-0.1, -0.05) is 6.07 Å². The van der Waals surface area contributed by atoms with Crippen LogP contribution in [0.4, 0.5) is 5.69 Å². The van der Waals surface area contributed by atoms with Gasteiger partial charge in [0.2, 0.25) is 10.0 Å². The maximum absolute atomic E-state index is 10.8. The van der Waals surface area contributed by atoms with Crippen molar-refractivity contribution < 1.29 is 8.42 Å². The molecule has 0 heterocycles. The van der Waals surface area contributed by atoms with Crippen LogP contribution in [0.2, 0.25) is 0 Å². The van der Waals surface area contributed by atoms with E-state index in [-0.39, 0.29) is 0 Å². The van der Waals surface area contributed by atoms with Crippen molar-refractivity contribution in [3.8, 4) is 0 Å². The molecule has 1 rings (SSSR count). The molecular formula is C7H7INO2S. The molecule has 0 aliphatic carbocycles. The van der Waals surface area contributed by atoms with Crippen LogP contribution in [0, 0.1) is 9.64 Å². The van der Waals surface area contributed by atoms with E-state index in [4.69, 9.17) is 0 Å². The number of anilines is 1. The molecule has 0 aliphatic rings. The molecule has 0 aliphatic heterocycles. The van der Waals surface area contributed by atoms with Crippen LogP contribution in [0.3, 0.4) is 0 Å². The summed E-state index contributed by atoms with van der Waals surface area (Å²) in [5.74, 6) is 0. The summed E-state index contributed by atoms with van der Waals surface area (Å²) in [7, 11) is -3.17. The van der Waals surface area contributed by atoms with Gasteiger partial charge in [-0.2, -0.15) is 0 Å². The zero-order chi connectivity index (χ0) is 9.19. The Hall–Kier alpha value is -0.300. The Labute approximate surface area is 85.4 Å².